The van der Waals surface area contributed by atoms with Crippen molar-refractivity contribution in [1.82, 2.24) is 4.98 Å². The maximum atomic E-state index is 11.2. The number of aromatic amines is 1. The third kappa shape index (κ3) is 1.75. The molecule has 0 atom stereocenters. The average molecular weight is 242 g/mol. The molecular formula is C8H4NO6S-. The summed E-state index contributed by atoms with van der Waals surface area (Å²) in [6.07, 6.45) is 0. The average Bonchev–Trinajstić information content (AvgIpc) is 2.15. The molecule has 1 N–H and O–H groups in total. The highest BCUT2D eigenvalue weighted by Gasteiger charge is 2.07. The van der Waals surface area contributed by atoms with Crippen LogP contribution in [0.3, 0.4) is 0 Å². The number of hydrogen-bond acceptors (Lipinski definition) is 6. The molecule has 0 aliphatic carbocycles. The molecule has 1 heterocycles. The van der Waals surface area contributed by atoms with Crippen LogP contribution in [0.2, 0.25) is 0 Å². The van der Waals surface area contributed by atoms with Crippen molar-refractivity contribution in [1.29, 1.82) is 0 Å². The van der Waals surface area contributed by atoms with E-state index in [0.717, 1.165) is 18.2 Å². The highest BCUT2D eigenvalue weighted by atomic mass is 32.2. The van der Waals surface area contributed by atoms with Crippen LogP contribution in [-0.2, 0) is 10.1 Å². The molecule has 0 aliphatic rings. The molecule has 0 fully saturated rings. The van der Waals surface area contributed by atoms with E-state index >= 15 is 0 Å². The summed E-state index contributed by atoms with van der Waals surface area (Å²) in [4.78, 5) is 23.6. The predicted octanol–water partition coefficient (Wildman–Crippen LogP) is -0.615. The van der Waals surface area contributed by atoms with Gasteiger partial charge in [0, 0.05) is 0 Å². The zero-order valence-corrected chi connectivity index (χ0v) is 8.41. The van der Waals surface area contributed by atoms with E-state index in [4.69, 9.17) is 0 Å². The van der Waals surface area contributed by atoms with E-state index in [1.165, 1.54) is 0 Å². The van der Waals surface area contributed by atoms with Gasteiger partial charge in [-0.1, -0.05) is 0 Å². The second-order valence-electron chi connectivity index (χ2n) is 2.96. The summed E-state index contributed by atoms with van der Waals surface area (Å²) in [5, 5.41) is -0.170. The van der Waals surface area contributed by atoms with Gasteiger partial charge in [-0.05, 0) is 18.2 Å². The number of hydrogen-bond donors (Lipinski definition) is 1. The topological polar surface area (TPSA) is 120 Å². The second-order valence-corrected chi connectivity index (χ2v) is 4.34. The SMILES string of the molecule is O=c1[nH]c2ccc(S(=O)(=O)[O-])cc2c(=O)o1. The fourth-order valence-corrected chi connectivity index (χ4v) is 1.73. The lowest BCUT2D eigenvalue weighted by Gasteiger charge is -2.06. The van der Waals surface area contributed by atoms with Crippen molar-refractivity contribution >= 4 is 21.0 Å². The van der Waals surface area contributed by atoms with Gasteiger partial charge in [0.2, 0.25) is 0 Å². The first-order valence-corrected chi connectivity index (χ1v) is 5.42. The van der Waals surface area contributed by atoms with E-state index in [9.17, 15) is 22.6 Å². The summed E-state index contributed by atoms with van der Waals surface area (Å²) in [5.41, 5.74) is -0.891. The number of aromatic nitrogens is 1. The Hall–Kier alpha value is -1.93. The molecule has 1 aromatic carbocycles. The number of benzene rings is 1. The molecule has 0 spiro atoms. The van der Waals surface area contributed by atoms with E-state index in [-0.39, 0.29) is 10.9 Å². The number of nitrogens with one attached hydrogen (secondary N) is 1. The Morgan fingerprint density at radius 3 is 2.56 bits per heavy atom. The molecular weight excluding hydrogens is 238 g/mol. The monoisotopic (exact) mass is 242 g/mol. The van der Waals surface area contributed by atoms with Gasteiger partial charge in [0.05, 0.1) is 15.8 Å². The van der Waals surface area contributed by atoms with E-state index in [1.807, 2.05) is 0 Å². The van der Waals surface area contributed by atoms with Gasteiger partial charge in [-0.25, -0.2) is 18.0 Å². The number of fused-ring (bicyclic) bond motifs is 1. The molecule has 0 unspecified atom stereocenters. The smallest absolute Gasteiger partial charge is 0.419 e. The molecule has 84 valence electrons. The van der Waals surface area contributed by atoms with Gasteiger partial charge in [0.25, 0.3) is 0 Å². The van der Waals surface area contributed by atoms with Crippen LogP contribution < -0.4 is 11.4 Å². The minimum absolute atomic E-state index is 0.105. The molecule has 0 amide bonds. The van der Waals surface area contributed by atoms with E-state index in [0.29, 0.717) is 0 Å². The number of rotatable bonds is 1. The standard InChI is InChI=1S/C8H5NO6S/c10-7-5-3-4(16(12,13)14)1-2-6(5)9-8(11)15-7/h1-3H,(H,9,11)(H,12,13,14)/p-1. The van der Waals surface area contributed by atoms with E-state index < -0.39 is 26.4 Å². The Bertz CT molecular complexity index is 769. The first kappa shape index (κ1) is 10.6. The number of H-pyrrole nitrogens is 1. The van der Waals surface area contributed by atoms with Crippen molar-refractivity contribution in [2.24, 2.45) is 0 Å². The van der Waals surface area contributed by atoms with Crippen LogP contribution in [0.5, 0.6) is 0 Å². The molecule has 0 aliphatic heterocycles. The van der Waals surface area contributed by atoms with E-state index in [1.54, 1.807) is 0 Å². The first-order chi connectivity index (χ1) is 7.38. The van der Waals surface area contributed by atoms with Crippen LogP contribution >= 0.6 is 0 Å². The molecule has 1 aromatic heterocycles. The van der Waals surface area contributed by atoms with Crippen molar-refractivity contribution in [2.45, 2.75) is 4.90 Å². The zero-order chi connectivity index (χ0) is 11.9. The highest BCUT2D eigenvalue weighted by molar-refractivity contribution is 7.85. The van der Waals surface area contributed by atoms with E-state index in [2.05, 4.69) is 9.40 Å². The Morgan fingerprint density at radius 1 is 1.25 bits per heavy atom. The second kappa shape index (κ2) is 3.29. The van der Waals surface area contributed by atoms with Crippen LogP contribution in [-0.4, -0.2) is 18.0 Å². The van der Waals surface area contributed by atoms with Crippen molar-refractivity contribution in [2.75, 3.05) is 0 Å². The molecule has 0 radical (unpaired) electrons. The molecule has 0 bridgehead atoms. The molecule has 0 saturated carbocycles. The van der Waals surface area contributed by atoms with Crippen LogP contribution in [0.15, 0.2) is 37.1 Å². The van der Waals surface area contributed by atoms with Crippen LogP contribution in [0.25, 0.3) is 10.9 Å². The quantitative estimate of drug-likeness (QED) is 0.665. The third-order valence-corrected chi connectivity index (χ3v) is 2.75. The van der Waals surface area contributed by atoms with Gasteiger partial charge in [-0.3, -0.25) is 4.98 Å². The Balaban J connectivity index is 2.93. The van der Waals surface area contributed by atoms with Crippen molar-refractivity contribution in [3.8, 4) is 0 Å². The lowest BCUT2D eigenvalue weighted by atomic mass is 10.2. The highest BCUT2D eigenvalue weighted by Crippen LogP contribution is 2.13. The van der Waals surface area contributed by atoms with Gasteiger partial charge in [-0.2, -0.15) is 0 Å². The van der Waals surface area contributed by atoms with Gasteiger partial charge < -0.3 is 8.97 Å². The molecule has 7 nitrogen and oxygen atoms in total. The summed E-state index contributed by atoms with van der Waals surface area (Å²) in [6.45, 7) is 0. The summed E-state index contributed by atoms with van der Waals surface area (Å²) in [7, 11) is -4.64. The summed E-state index contributed by atoms with van der Waals surface area (Å²) < 4.78 is 36.3. The molecule has 2 rings (SSSR count). The summed E-state index contributed by atoms with van der Waals surface area (Å²) in [5.74, 6) is -0.949. The van der Waals surface area contributed by atoms with Gasteiger partial charge in [0.1, 0.15) is 10.1 Å². The Labute approximate surface area is 88.1 Å². The summed E-state index contributed by atoms with van der Waals surface area (Å²) >= 11 is 0. The van der Waals surface area contributed by atoms with Gasteiger partial charge >= 0.3 is 11.4 Å². The minimum Gasteiger partial charge on any atom is -0.744 e. The lowest BCUT2D eigenvalue weighted by Crippen LogP contribution is -2.14. The largest absolute Gasteiger partial charge is 0.744 e. The lowest BCUT2D eigenvalue weighted by molar-refractivity contribution is 0.459. The first-order valence-electron chi connectivity index (χ1n) is 4.01. The Kier molecular flexibility index (Phi) is 2.17. The van der Waals surface area contributed by atoms with Crippen molar-refractivity contribution in [3.63, 3.8) is 0 Å². The molecule has 8 heteroatoms. The fourth-order valence-electron chi connectivity index (χ4n) is 1.23. The minimum atomic E-state index is -4.64. The predicted molar refractivity (Wildman–Crippen MR) is 51.1 cm³/mol. The van der Waals surface area contributed by atoms with Gasteiger partial charge in [-0.15, -0.1) is 0 Å². The normalized spacial score (nSPS) is 11.8. The molecule has 0 saturated heterocycles. The zero-order valence-electron chi connectivity index (χ0n) is 7.59. The summed E-state index contributed by atoms with van der Waals surface area (Å²) in [6, 6.07) is 3.01. The maximum absolute atomic E-state index is 11.2. The van der Waals surface area contributed by atoms with Crippen LogP contribution in [0.1, 0.15) is 0 Å². The molecule has 2 aromatic rings. The third-order valence-electron chi connectivity index (χ3n) is 1.92. The fraction of sp³-hybridized carbons (Fsp3) is 0. The van der Waals surface area contributed by atoms with Crippen LogP contribution in [0, 0.1) is 0 Å². The van der Waals surface area contributed by atoms with Gasteiger partial charge in [0.15, 0.2) is 0 Å². The van der Waals surface area contributed by atoms with Crippen molar-refractivity contribution < 1.29 is 17.4 Å². The van der Waals surface area contributed by atoms with Crippen LogP contribution in [0.4, 0.5) is 0 Å². The Morgan fingerprint density at radius 2 is 1.94 bits per heavy atom. The maximum Gasteiger partial charge on any atom is 0.419 e. The van der Waals surface area contributed by atoms with Crippen molar-refractivity contribution in [3.05, 3.63) is 39.2 Å². The molecule has 16 heavy (non-hydrogen) atoms.